The van der Waals surface area contributed by atoms with Gasteiger partial charge in [-0.2, -0.15) is 0 Å². The number of nitrogens with one attached hydrogen (secondary N) is 1. The van der Waals surface area contributed by atoms with Gasteiger partial charge in [-0.05, 0) is 43.7 Å². The summed E-state index contributed by atoms with van der Waals surface area (Å²) in [4.78, 5) is 0. The summed E-state index contributed by atoms with van der Waals surface area (Å²) in [5, 5.41) is 4.25. The monoisotopic (exact) mass is 293 g/mol. The fourth-order valence-electron chi connectivity index (χ4n) is 2.00. The SMILES string of the molecule is CC(NCCCOCc1ccco1)c1ccccc1Cl. The standard InChI is InChI=1S/C16H20ClNO2/c1-13(15-7-2-3-8-16(15)17)18-9-5-10-19-12-14-6-4-11-20-14/h2-4,6-8,11,13,18H,5,9-10,12H2,1H3. The van der Waals surface area contributed by atoms with Crippen LogP contribution in [-0.2, 0) is 11.3 Å². The average molecular weight is 294 g/mol. The summed E-state index contributed by atoms with van der Waals surface area (Å²) in [5.41, 5.74) is 1.13. The molecule has 1 unspecified atom stereocenters. The predicted molar refractivity (Wildman–Crippen MR) is 80.9 cm³/mol. The van der Waals surface area contributed by atoms with Crippen molar-refractivity contribution < 1.29 is 9.15 Å². The highest BCUT2D eigenvalue weighted by atomic mass is 35.5. The Morgan fingerprint density at radius 3 is 2.85 bits per heavy atom. The molecular formula is C16H20ClNO2. The number of hydrogen-bond acceptors (Lipinski definition) is 3. The second-order valence-corrected chi connectivity index (χ2v) is 5.09. The van der Waals surface area contributed by atoms with Gasteiger partial charge in [-0.1, -0.05) is 29.8 Å². The molecule has 0 saturated heterocycles. The average Bonchev–Trinajstić information content (AvgIpc) is 2.96. The van der Waals surface area contributed by atoms with Crippen molar-refractivity contribution in [3.05, 3.63) is 59.0 Å². The van der Waals surface area contributed by atoms with E-state index >= 15 is 0 Å². The Hall–Kier alpha value is -1.29. The van der Waals surface area contributed by atoms with Gasteiger partial charge in [0.1, 0.15) is 12.4 Å². The third kappa shape index (κ3) is 4.67. The summed E-state index contributed by atoms with van der Waals surface area (Å²) < 4.78 is 10.7. The molecule has 1 N–H and O–H groups in total. The van der Waals surface area contributed by atoms with Crippen molar-refractivity contribution in [2.75, 3.05) is 13.2 Å². The van der Waals surface area contributed by atoms with Crippen LogP contribution in [0.25, 0.3) is 0 Å². The molecule has 0 aliphatic heterocycles. The molecule has 1 aromatic heterocycles. The summed E-state index contributed by atoms with van der Waals surface area (Å²) in [7, 11) is 0. The second kappa shape index (κ2) is 8.10. The highest BCUT2D eigenvalue weighted by molar-refractivity contribution is 6.31. The lowest BCUT2D eigenvalue weighted by Gasteiger charge is -2.15. The van der Waals surface area contributed by atoms with Gasteiger partial charge in [0, 0.05) is 17.7 Å². The number of rotatable bonds is 8. The van der Waals surface area contributed by atoms with Crippen LogP contribution in [0.2, 0.25) is 5.02 Å². The maximum absolute atomic E-state index is 6.16. The lowest BCUT2D eigenvalue weighted by atomic mass is 10.1. The Labute approximate surface area is 124 Å². The smallest absolute Gasteiger partial charge is 0.129 e. The van der Waals surface area contributed by atoms with E-state index in [1.807, 2.05) is 36.4 Å². The van der Waals surface area contributed by atoms with E-state index in [9.17, 15) is 0 Å². The zero-order chi connectivity index (χ0) is 14.2. The van der Waals surface area contributed by atoms with Crippen LogP contribution in [0.4, 0.5) is 0 Å². The highest BCUT2D eigenvalue weighted by Gasteiger charge is 2.07. The fraction of sp³-hybridized carbons (Fsp3) is 0.375. The first-order chi connectivity index (χ1) is 9.77. The molecule has 0 amide bonds. The van der Waals surface area contributed by atoms with Gasteiger partial charge in [0.25, 0.3) is 0 Å². The Morgan fingerprint density at radius 1 is 1.25 bits per heavy atom. The van der Waals surface area contributed by atoms with Crippen molar-refractivity contribution in [2.45, 2.75) is 26.0 Å². The molecule has 0 bridgehead atoms. The molecule has 108 valence electrons. The molecule has 0 spiro atoms. The summed E-state index contributed by atoms with van der Waals surface area (Å²) in [5.74, 6) is 0.863. The van der Waals surface area contributed by atoms with Gasteiger partial charge >= 0.3 is 0 Å². The molecule has 0 radical (unpaired) electrons. The van der Waals surface area contributed by atoms with Crippen LogP contribution in [0.5, 0.6) is 0 Å². The van der Waals surface area contributed by atoms with Gasteiger partial charge in [-0.25, -0.2) is 0 Å². The second-order valence-electron chi connectivity index (χ2n) is 4.68. The van der Waals surface area contributed by atoms with Crippen LogP contribution >= 0.6 is 11.6 Å². The Balaban J connectivity index is 1.60. The van der Waals surface area contributed by atoms with E-state index in [1.165, 1.54) is 0 Å². The first kappa shape index (κ1) is 15.1. The van der Waals surface area contributed by atoms with Crippen molar-refractivity contribution in [1.29, 1.82) is 0 Å². The maximum Gasteiger partial charge on any atom is 0.129 e. The summed E-state index contributed by atoms with van der Waals surface area (Å²) in [6.45, 7) is 4.26. The molecule has 2 rings (SSSR count). The molecule has 0 saturated carbocycles. The third-order valence-electron chi connectivity index (χ3n) is 3.11. The molecule has 1 atom stereocenters. The zero-order valence-corrected chi connectivity index (χ0v) is 12.4. The van der Waals surface area contributed by atoms with Crippen LogP contribution in [0.1, 0.15) is 30.7 Å². The van der Waals surface area contributed by atoms with E-state index in [2.05, 4.69) is 12.2 Å². The minimum atomic E-state index is 0.244. The molecule has 20 heavy (non-hydrogen) atoms. The molecule has 0 aliphatic rings. The number of halogens is 1. The van der Waals surface area contributed by atoms with E-state index in [0.717, 1.165) is 29.3 Å². The molecular weight excluding hydrogens is 274 g/mol. The first-order valence-electron chi connectivity index (χ1n) is 6.85. The van der Waals surface area contributed by atoms with Crippen molar-refractivity contribution in [2.24, 2.45) is 0 Å². The molecule has 3 nitrogen and oxygen atoms in total. The Bertz CT molecular complexity index is 499. The molecule has 0 aliphatic carbocycles. The van der Waals surface area contributed by atoms with E-state index in [1.54, 1.807) is 6.26 Å². The van der Waals surface area contributed by atoms with Gasteiger partial charge in [0.15, 0.2) is 0 Å². The lowest BCUT2D eigenvalue weighted by molar-refractivity contribution is 0.104. The van der Waals surface area contributed by atoms with Crippen molar-refractivity contribution >= 4 is 11.6 Å². The third-order valence-corrected chi connectivity index (χ3v) is 3.46. The maximum atomic E-state index is 6.16. The van der Waals surface area contributed by atoms with E-state index < -0.39 is 0 Å². The predicted octanol–water partition coefficient (Wildman–Crippen LogP) is 4.19. The van der Waals surface area contributed by atoms with Crippen molar-refractivity contribution in [3.63, 3.8) is 0 Å². The van der Waals surface area contributed by atoms with Crippen molar-refractivity contribution in [3.8, 4) is 0 Å². The topological polar surface area (TPSA) is 34.4 Å². The molecule has 1 aromatic carbocycles. The number of hydrogen-bond donors (Lipinski definition) is 1. The van der Waals surface area contributed by atoms with Gasteiger partial charge in [0.05, 0.1) is 6.26 Å². The Morgan fingerprint density at radius 2 is 2.10 bits per heavy atom. The van der Waals surface area contributed by atoms with Gasteiger partial charge in [-0.15, -0.1) is 0 Å². The summed E-state index contributed by atoms with van der Waals surface area (Å²) >= 11 is 6.16. The van der Waals surface area contributed by atoms with Crippen LogP contribution in [0.15, 0.2) is 47.1 Å². The van der Waals surface area contributed by atoms with Crippen molar-refractivity contribution in [1.82, 2.24) is 5.32 Å². The lowest BCUT2D eigenvalue weighted by Crippen LogP contribution is -2.21. The van der Waals surface area contributed by atoms with Crippen LogP contribution in [0, 0.1) is 0 Å². The van der Waals surface area contributed by atoms with Crippen LogP contribution < -0.4 is 5.32 Å². The van der Waals surface area contributed by atoms with E-state index in [-0.39, 0.29) is 6.04 Å². The number of benzene rings is 1. The minimum absolute atomic E-state index is 0.244. The number of ether oxygens (including phenoxy) is 1. The molecule has 2 aromatic rings. The fourth-order valence-corrected chi connectivity index (χ4v) is 2.30. The normalized spacial score (nSPS) is 12.5. The largest absolute Gasteiger partial charge is 0.467 e. The number of furan rings is 1. The van der Waals surface area contributed by atoms with E-state index in [0.29, 0.717) is 13.2 Å². The minimum Gasteiger partial charge on any atom is -0.467 e. The van der Waals surface area contributed by atoms with Crippen LogP contribution in [0.3, 0.4) is 0 Å². The van der Waals surface area contributed by atoms with Gasteiger partial charge in [-0.3, -0.25) is 0 Å². The molecule has 1 heterocycles. The summed E-state index contributed by atoms with van der Waals surface area (Å²) in [6, 6.07) is 11.9. The zero-order valence-electron chi connectivity index (χ0n) is 11.6. The first-order valence-corrected chi connectivity index (χ1v) is 7.23. The highest BCUT2D eigenvalue weighted by Crippen LogP contribution is 2.21. The summed E-state index contributed by atoms with van der Waals surface area (Å²) in [6.07, 6.45) is 2.61. The van der Waals surface area contributed by atoms with Gasteiger partial charge in [0.2, 0.25) is 0 Å². The van der Waals surface area contributed by atoms with Crippen LogP contribution in [-0.4, -0.2) is 13.2 Å². The quantitative estimate of drug-likeness (QED) is 0.741. The Kier molecular flexibility index (Phi) is 6.12. The molecule has 0 fully saturated rings. The van der Waals surface area contributed by atoms with E-state index in [4.69, 9.17) is 20.8 Å². The van der Waals surface area contributed by atoms with Gasteiger partial charge < -0.3 is 14.5 Å². The molecule has 4 heteroatoms.